The first-order valence-corrected chi connectivity index (χ1v) is 11.4. The van der Waals surface area contributed by atoms with Crippen LogP contribution in [0.3, 0.4) is 0 Å². The third-order valence-corrected chi connectivity index (χ3v) is 6.56. The Hall–Kier alpha value is -2.51. The largest absolute Gasteiger partial charge is 0.346 e. The van der Waals surface area contributed by atoms with Gasteiger partial charge in [0.05, 0.1) is 6.04 Å². The maximum Gasteiger partial charge on any atom is 0.220 e. The topological polar surface area (TPSA) is 63.1 Å². The molecule has 1 aliphatic rings. The minimum Gasteiger partial charge on any atom is -0.346 e. The summed E-state index contributed by atoms with van der Waals surface area (Å²) < 4.78 is 2.20. The van der Waals surface area contributed by atoms with Crippen LogP contribution in [0.25, 0.3) is 0 Å². The average Bonchev–Trinajstić information content (AvgIpc) is 3.29. The molecule has 3 heterocycles. The fourth-order valence-electron chi connectivity index (χ4n) is 3.94. The van der Waals surface area contributed by atoms with Crippen LogP contribution in [0.15, 0.2) is 42.5 Å². The lowest BCUT2D eigenvalue weighted by atomic mass is 10.1. The standard InChI is InChI=1S/C23H29N5OS/c1-17-8-10-20(30-17)16-27-13-12-21-25-26-23(28(21)15-14-27)18(2)24-22(29)11-9-19-6-4-3-5-7-19/h3-8,10,18H,9,11-16H2,1-2H3,(H,24,29). The average molecular weight is 424 g/mol. The number of aromatic nitrogens is 3. The number of amides is 1. The molecule has 0 saturated heterocycles. The molecule has 0 saturated carbocycles. The number of nitrogens with zero attached hydrogens (tertiary/aromatic N) is 4. The van der Waals surface area contributed by atoms with Crippen molar-refractivity contribution in [3.05, 3.63) is 69.4 Å². The molecule has 0 radical (unpaired) electrons. The summed E-state index contributed by atoms with van der Waals surface area (Å²) in [5.74, 6) is 1.92. The highest BCUT2D eigenvalue weighted by Crippen LogP contribution is 2.20. The highest BCUT2D eigenvalue weighted by atomic mass is 32.1. The van der Waals surface area contributed by atoms with Crippen molar-refractivity contribution >= 4 is 17.2 Å². The second-order valence-electron chi connectivity index (χ2n) is 7.94. The lowest BCUT2D eigenvalue weighted by Gasteiger charge is -2.19. The van der Waals surface area contributed by atoms with Gasteiger partial charge < -0.3 is 9.88 Å². The lowest BCUT2D eigenvalue weighted by molar-refractivity contribution is -0.121. The monoisotopic (exact) mass is 423 g/mol. The molecule has 2 aromatic heterocycles. The van der Waals surface area contributed by atoms with Crippen molar-refractivity contribution in [1.82, 2.24) is 25.0 Å². The Morgan fingerprint density at radius 2 is 1.97 bits per heavy atom. The van der Waals surface area contributed by atoms with Crippen LogP contribution in [0, 0.1) is 6.92 Å². The van der Waals surface area contributed by atoms with E-state index in [-0.39, 0.29) is 11.9 Å². The van der Waals surface area contributed by atoms with Gasteiger partial charge in [-0.15, -0.1) is 21.5 Å². The summed E-state index contributed by atoms with van der Waals surface area (Å²) in [6.07, 6.45) is 2.10. The number of aryl methyl sites for hydroxylation is 2. The van der Waals surface area contributed by atoms with Crippen LogP contribution in [-0.2, 0) is 30.7 Å². The van der Waals surface area contributed by atoms with E-state index < -0.39 is 0 Å². The fraction of sp³-hybridized carbons (Fsp3) is 0.435. The molecule has 1 N–H and O–H groups in total. The quantitative estimate of drug-likeness (QED) is 0.632. The van der Waals surface area contributed by atoms with Gasteiger partial charge in [0.25, 0.3) is 0 Å². The predicted molar refractivity (Wildman–Crippen MR) is 119 cm³/mol. The Morgan fingerprint density at radius 1 is 1.13 bits per heavy atom. The van der Waals surface area contributed by atoms with Gasteiger partial charge >= 0.3 is 0 Å². The summed E-state index contributed by atoms with van der Waals surface area (Å²) >= 11 is 1.87. The van der Waals surface area contributed by atoms with Gasteiger partial charge in [-0.1, -0.05) is 30.3 Å². The van der Waals surface area contributed by atoms with E-state index in [1.807, 2.05) is 36.5 Å². The minimum absolute atomic E-state index is 0.0482. The molecule has 0 aliphatic carbocycles. The van der Waals surface area contributed by atoms with E-state index in [2.05, 4.69) is 56.2 Å². The number of thiophene rings is 1. The predicted octanol–water partition coefficient (Wildman–Crippen LogP) is 3.52. The Labute approximate surface area is 181 Å². The SMILES string of the molecule is Cc1ccc(CN2CCc3nnc(C(C)NC(=O)CCc4ccccc4)n3CC2)s1. The number of nitrogens with one attached hydrogen (secondary N) is 1. The van der Waals surface area contributed by atoms with Gasteiger partial charge in [-0.3, -0.25) is 9.69 Å². The van der Waals surface area contributed by atoms with Crippen LogP contribution < -0.4 is 5.32 Å². The van der Waals surface area contributed by atoms with Crippen LogP contribution in [0.5, 0.6) is 0 Å². The molecule has 1 aromatic carbocycles. The Balaban J connectivity index is 1.33. The molecule has 4 rings (SSSR count). The third kappa shape index (κ3) is 5.15. The molecule has 1 atom stereocenters. The first-order valence-electron chi connectivity index (χ1n) is 10.6. The van der Waals surface area contributed by atoms with E-state index in [0.29, 0.717) is 6.42 Å². The molecular formula is C23H29N5OS. The Morgan fingerprint density at radius 3 is 2.73 bits per heavy atom. The molecule has 0 fully saturated rings. The van der Waals surface area contributed by atoms with Crippen molar-refractivity contribution in [2.75, 3.05) is 13.1 Å². The van der Waals surface area contributed by atoms with Crippen LogP contribution in [0.1, 0.15) is 46.4 Å². The van der Waals surface area contributed by atoms with Crippen LogP contribution in [0.2, 0.25) is 0 Å². The van der Waals surface area contributed by atoms with Crippen LogP contribution >= 0.6 is 11.3 Å². The number of rotatable bonds is 7. The maximum atomic E-state index is 12.4. The van der Waals surface area contributed by atoms with Gasteiger partial charge in [-0.25, -0.2) is 0 Å². The zero-order valence-electron chi connectivity index (χ0n) is 17.7. The van der Waals surface area contributed by atoms with Crippen molar-refractivity contribution in [2.45, 2.75) is 52.2 Å². The van der Waals surface area contributed by atoms with E-state index in [1.54, 1.807) is 0 Å². The third-order valence-electron chi connectivity index (χ3n) is 5.57. The second kappa shape index (κ2) is 9.53. The number of hydrogen-bond donors (Lipinski definition) is 1. The summed E-state index contributed by atoms with van der Waals surface area (Å²) in [5.41, 5.74) is 1.18. The smallest absolute Gasteiger partial charge is 0.220 e. The highest BCUT2D eigenvalue weighted by molar-refractivity contribution is 7.11. The van der Waals surface area contributed by atoms with Crippen molar-refractivity contribution in [3.8, 4) is 0 Å². The Kier molecular flexibility index (Phi) is 6.59. The number of hydrogen-bond acceptors (Lipinski definition) is 5. The van der Waals surface area contributed by atoms with Crippen molar-refractivity contribution in [3.63, 3.8) is 0 Å². The van der Waals surface area contributed by atoms with E-state index >= 15 is 0 Å². The zero-order chi connectivity index (χ0) is 20.9. The summed E-state index contributed by atoms with van der Waals surface area (Å²) in [4.78, 5) is 17.7. The molecule has 0 bridgehead atoms. The van der Waals surface area contributed by atoms with Crippen molar-refractivity contribution < 1.29 is 4.79 Å². The molecule has 158 valence electrons. The maximum absolute atomic E-state index is 12.4. The molecule has 1 amide bonds. The summed E-state index contributed by atoms with van der Waals surface area (Å²) in [5, 5.41) is 11.9. The molecule has 3 aromatic rings. The van der Waals surface area contributed by atoms with Crippen molar-refractivity contribution in [1.29, 1.82) is 0 Å². The van der Waals surface area contributed by atoms with Crippen LogP contribution in [0.4, 0.5) is 0 Å². The van der Waals surface area contributed by atoms with Gasteiger partial charge in [-0.2, -0.15) is 0 Å². The van der Waals surface area contributed by atoms with E-state index in [4.69, 9.17) is 0 Å². The molecule has 1 unspecified atom stereocenters. The Bertz CT molecular complexity index is 981. The zero-order valence-corrected chi connectivity index (χ0v) is 18.5. The highest BCUT2D eigenvalue weighted by Gasteiger charge is 2.23. The summed E-state index contributed by atoms with van der Waals surface area (Å²) in [7, 11) is 0. The molecule has 0 spiro atoms. The fourth-order valence-corrected chi connectivity index (χ4v) is 4.87. The molecule has 7 heteroatoms. The van der Waals surface area contributed by atoms with Gasteiger partial charge in [0.1, 0.15) is 5.82 Å². The molecule has 30 heavy (non-hydrogen) atoms. The van der Waals surface area contributed by atoms with E-state index in [0.717, 1.165) is 50.7 Å². The number of benzene rings is 1. The first kappa shape index (κ1) is 20.8. The second-order valence-corrected chi connectivity index (χ2v) is 9.31. The summed E-state index contributed by atoms with van der Waals surface area (Å²) in [6.45, 7) is 7.93. The lowest BCUT2D eigenvalue weighted by Crippen LogP contribution is -2.30. The number of fused-ring (bicyclic) bond motifs is 1. The van der Waals surface area contributed by atoms with Gasteiger partial charge in [0, 0.05) is 48.8 Å². The van der Waals surface area contributed by atoms with Crippen LogP contribution in [-0.4, -0.2) is 38.7 Å². The van der Waals surface area contributed by atoms with Gasteiger partial charge in [0.2, 0.25) is 5.91 Å². The number of carbonyl (C=O) groups excluding carboxylic acids is 1. The minimum atomic E-state index is -0.152. The normalized spacial score (nSPS) is 15.4. The van der Waals surface area contributed by atoms with E-state index in [1.165, 1.54) is 15.3 Å². The number of carbonyl (C=O) groups is 1. The van der Waals surface area contributed by atoms with Crippen molar-refractivity contribution in [2.24, 2.45) is 0 Å². The molecular weight excluding hydrogens is 394 g/mol. The summed E-state index contributed by atoms with van der Waals surface area (Å²) in [6, 6.07) is 14.4. The molecule has 1 aliphatic heterocycles. The van der Waals surface area contributed by atoms with E-state index in [9.17, 15) is 4.79 Å². The van der Waals surface area contributed by atoms with Gasteiger partial charge in [0.15, 0.2) is 5.82 Å². The molecule has 6 nitrogen and oxygen atoms in total. The first-order chi connectivity index (χ1) is 14.6. The van der Waals surface area contributed by atoms with Gasteiger partial charge in [-0.05, 0) is 38.0 Å².